The van der Waals surface area contributed by atoms with Gasteiger partial charge in [-0.1, -0.05) is 30.3 Å². The van der Waals surface area contributed by atoms with Gasteiger partial charge in [0.1, 0.15) is 0 Å². The maximum atomic E-state index is 11.8. The van der Waals surface area contributed by atoms with Crippen LogP contribution in [-0.2, 0) is 16.4 Å². The molecule has 0 aliphatic carbocycles. The number of hydrogen-bond donors (Lipinski definition) is 2. The van der Waals surface area contributed by atoms with Crippen LogP contribution in [0.25, 0.3) is 0 Å². The van der Waals surface area contributed by atoms with Gasteiger partial charge in [-0.3, -0.25) is 0 Å². The average molecular weight is 545 g/mol. The van der Waals surface area contributed by atoms with Gasteiger partial charge in [0.25, 0.3) is 0 Å². The van der Waals surface area contributed by atoms with E-state index in [1.54, 1.807) is 6.07 Å². The fourth-order valence-electron chi connectivity index (χ4n) is 3.04. The van der Waals surface area contributed by atoms with Gasteiger partial charge in [-0.15, -0.1) is 24.0 Å². The summed E-state index contributed by atoms with van der Waals surface area (Å²) < 4.78 is 23.5. The number of likely N-dealkylation sites (N-methyl/N-ethyl adjacent to an activating group) is 1. The first-order valence-electron chi connectivity index (χ1n) is 9.82. The van der Waals surface area contributed by atoms with Gasteiger partial charge in [-0.25, -0.2) is 13.4 Å². The Labute approximate surface area is 198 Å². The van der Waals surface area contributed by atoms with E-state index in [1.807, 2.05) is 44.2 Å². The van der Waals surface area contributed by atoms with Crippen LogP contribution < -0.4 is 15.5 Å². The van der Waals surface area contributed by atoms with Gasteiger partial charge in [0.05, 0.1) is 11.4 Å². The summed E-state index contributed by atoms with van der Waals surface area (Å²) in [5.41, 5.74) is 2.89. The zero-order valence-electron chi connectivity index (χ0n) is 18.3. The average Bonchev–Trinajstić information content (AvgIpc) is 2.69. The lowest BCUT2D eigenvalue weighted by Crippen LogP contribution is -2.45. The predicted octanol–water partition coefficient (Wildman–Crippen LogP) is 3.60. The first-order valence-corrected chi connectivity index (χ1v) is 11.7. The normalized spacial score (nSPS) is 12.6. The Bertz CT molecular complexity index is 933. The van der Waals surface area contributed by atoms with Crippen molar-refractivity contribution in [2.75, 3.05) is 31.3 Å². The lowest BCUT2D eigenvalue weighted by Gasteiger charge is -2.27. The summed E-state index contributed by atoms with van der Waals surface area (Å²) >= 11 is 0. The molecule has 0 amide bonds. The minimum Gasteiger partial charge on any atom is -0.370 e. The van der Waals surface area contributed by atoms with E-state index in [4.69, 9.17) is 0 Å². The van der Waals surface area contributed by atoms with Gasteiger partial charge in [-0.2, -0.15) is 0 Å². The molecular weight excluding hydrogens is 511 g/mol. The lowest BCUT2D eigenvalue weighted by atomic mass is 10.1. The summed E-state index contributed by atoms with van der Waals surface area (Å²) in [4.78, 5) is 7.24. The molecule has 2 N–H and O–H groups in total. The van der Waals surface area contributed by atoms with Crippen molar-refractivity contribution in [2.45, 2.75) is 38.3 Å². The summed E-state index contributed by atoms with van der Waals surface area (Å²) in [5.74, 6) is 0.741. The smallest absolute Gasteiger partial charge is 0.191 e. The number of hydrogen-bond acceptors (Lipinski definition) is 4. The van der Waals surface area contributed by atoms with E-state index in [1.165, 1.54) is 11.9 Å². The highest BCUT2D eigenvalue weighted by atomic mass is 127. The molecule has 0 aromatic heterocycles. The van der Waals surface area contributed by atoms with Crippen LogP contribution in [0.4, 0.5) is 5.69 Å². The number of guanidine groups is 1. The van der Waals surface area contributed by atoms with Crippen LogP contribution in [0.3, 0.4) is 0 Å². The molecule has 0 radical (unpaired) electrons. The molecule has 6 nitrogen and oxygen atoms in total. The van der Waals surface area contributed by atoms with Crippen molar-refractivity contribution >= 4 is 45.5 Å². The van der Waals surface area contributed by atoms with Crippen LogP contribution in [0.5, 0.6) is 0 Å². The van der Waals surface area contributed by atoms with Crippen molar-refractivity contribution in [3.8, 4) is 0 Å². The highest BCUT2D eigenvalue weighted by Crippen LogP contribution is 2.17. The Hall–Kier alpha value is -1.81. The SMILES string of the molecule is CCNC(=NCc1ccc(S(C)(=O)=O)c(C)c1)NCC(C)N(C)c1ccccc1.I. The van der Waals surface area contributed by atoms with Gasteiger partial charge in [0, 0.05) is 38.1 Å². The first kappa shape index (κ1) is 26.2. The summed E-state index contributed by atoms with van der Waals surface area (Å²) in [7, 11) is -1.12. The standard InChI is InChI=1S/C22H32N4O2S.HI/c1-6-23-22(24-15-18(3)26(4)20-10-8-7-9-11-20)25-16-19-12-13-21(17(2)14-19)29(5,27)28;/h7-14,18H,6,15-16H2,1-5H3,(H2,23,24,25);1H. The number of para-hydroxylation sites is 1. The fourth-order valence-corrected chi connectivity index (χ4v) is 4.00. The number of sulfone groups is 1. The Kier molecular flexibility index (Phi) is 10.6. The highest BCUT2D eigenvalue weighted by molar-refractivity contribution is 14.0. The van der Waals surface area contributed by atoms with Crippen molar-refractivity contribution in [3.05, 3.63) is 59.7 Å². The summed E-state index contributed by atoms with van der Waals surface area (Å²) in [6, 6.07) is 15.9. The molecule has 8 heteroatoms. The minimum atomic E-state index is -3.20. The Balaban J connectivity index is 0.00000450. The molecule has 0 aliphatic rings. The second kappa shape index (κ2) is 12.1. The molecule has 1 atom stereocenters. The Morgan fingerprint density at radius 2 is 1.80 bits per heavy atom. The van der Waals surface area contributed by atoms with Gasteiger partial charge in [-0.05, 0) is 50.1 Å². The van der Waals surface area contributed by atoms with Crippen molar-refractivity contribution in [2.24, 2.45) is 4.99 Å². The number of aryl methyl sites for hydroxylation is 1. The third kappa shape index (κ3) is 7.79. The summed E-state index contributed by atoms with van der Waals surface area (Å²) in [5, 5.41) is 6.65. The van der Waals surface area contributed by atoms with E-state index in [2.05, 4.69) is 46.6 Å². The van der Waals surface area contributed by atoms with Crippen molar-refractivity contribution < 1.29 is 8.42 Å². The number of anilines is 1. The Morgan fingerprint density at radius 1 is 1.13 bits per heavy atom. The van der Waals surface area contributed by atoms with Crippen LogP contribution >= 0.6 is 24.0 Å². The Morgan fingerprint density at radius 3 is 2.37 bits per heavy atom. The highest BCUT2D eigenvalue weighted by Gasteiger charge is 2.12. The number of benzene rings is 2. The molecule has 2 rings (SSSR count). The fraction of sp³-hybridized carbons (Fsp3) is 0.409. The molecule has 2 aromatic carbocycles. The van der Waals surface area contributed by atoms with Crippen LogP contribution in [-0.4, -0.2) is 46.8 Å². The number of halogens is 1. The van der Waals surface area contributed by atoms with Crippen molar-refractivity contribution in [1.82, 2.24) is 10.6 Å². The quantitative estimate of drug-likeness (QED) is 0.302. The van der Waals surface area contributed by atoms with Crippen LogP contribution in [0.15, 0.2) is 58.4 Å². The van der Waals surface area contributed by atoms with Crippen LogP contribution in [0.1, 0.15) is 25.0 Å². The van der Waals surface area contributed by atoms with Crippen molar-refractivity contribution in [3.63, 3.8) is 0 Å². The van der Waals surface area contributed by atoms with E-state index < -0.39 is 9.84 Å². The lowest BCUT2D eigenvalue weighted by molar-refractivity contribution is 0.601. The number of aliphatic imine (C=N–C) groups is 1. The van der Waals surface area contributed by atoms with Crippen LogP contribution in [0, 0.1) is 6.92 Å². The largest absolute Gasteiger partial charge is 0.370 e. The maximum Gasteiger partial charge on any atom is 0.191 e. The van der Waals surface area contributed by atoms with E-state index in [9.17, 15) is 8.42 Å². The van der Waals surface area contributed by atoms with E-state index >= 15 is 0 Å². The van der Waals surface area contributed by atoms with E-state index in [-0.39, 0.29) is 30.0 Å². The maximum absolute atomic E-state index is 11.8. The molecule has 0 spiro atoms. The molecule has 166 valence electrons. The van der Waals surface area contributed by atoms with E-state index in [0.29, 0.717) is 11.4 Å². The number of nitrogens with zero attached hydrogens (tertiary/aromatic N) is 2. The summed E-state index contributed by atoms with van der Waals surface area (Å²) in [6.45, 7) is 7.99. The third-order valence-electron chi connectivity index (χ3n) is 4.79. The molecule has 0 saturated carbocycles. The van der Waals surface area contributed by atoms with E-state index in [0.717, 1.165) is 30.2 Å². The molecule has 0 bridgehead atoms. The summed E-state index contributed by atoms with van der Waals surface area (Å²) in [6.07, 6.45) is 1.23. The number of nitrogens with one attached hydrogen (secondary N) is 2. The van der Waals surface area contributed by atoms with Crippen molar-refractivity contribution in [1.29, 1.82) is 0 Å². The molecule has 0 heterocycles. The molecular formula is C22H33IN4O2S. The predicted molar refractivity (Wildman–Crippen MR) is 137 cm³/mol. The van der Waals surface area contributed by atoms with Gasteiger partial charge in [0.2, 0.25) is 0 Å². The molecule has 0 aliphatic heterocycles. The second-order valence-electron chi connectivity index (χ2n) is 7.24. The second-order valence-corrected chi connectivity index (χ2v) is 9.23. The monoisotopic (exact) mass is 544 g/mol. The zero-order valence-corrected chi connectivity index (χ0v) is 21.5. The topological polar surface area (TPSA) is 73.8 Å². The molecule has 0 saturated heterocycles. The van der Waals surface area contributed by atoms with Gasteiger partial charge >= 0.3 is 0 Å². The third-order valence-corrected chi connectivity index (χ3v) is 6.05. The molecule has 0 fully saturated rings. The molecule has 1 unspecified atom stereocenters. The molecule has 2 aromatic rings. The first-order chi connectivity index (χ1) is 13.7. The minimum absolute atomic E-state index is 0. The van der Waals surface area contributed by atoms with Gasteiger partial charge in [0.15, 0.2) is 15.8 Å². The zero-order chi connectivity index (χ0) is 21.4. The van der Waals surface area contributed by atoms with Crippen LogP contribution in [0.2, 0.25) is 0 Å². The molecule has 30 heavy (non-hydrogen) atoms. The van der Waals surface area contributed by atoms with Gasteiger partial charge < -0.3 is 15.5 Å². The number of rotatable bonds is 8.